The molecule has 0 aliphatic rings. The average Bonchev–Trinajstić information content (AvgIpc) is 2.54. The molecule has 1 heterocycles. The van der Waals surface area contributed by atoms with E-state index >= 15 is 0 Å². The number of fused-ring (bicyclic) bond motifs is 1. The fourth-order valence-corrected chi connectivity index (χ4v) is 2.44. The van der Waals surface area contributed by atoms with Crippen molar-refractivity contribution in [3.63, 3.8) is 0 Å². The van der Waals surface area contributed by atoms with Gasteiger partial charge in [-0.05, 0) is 12.0 Å². The quantitative estimate of drug-likeness (QED) is 0.476. The summed E-state index contributed by atoms with van der Waals surface area (Å²) >= 11 is 0. The molecule has 0 amide bonds. The number of esters is 1. The van der Waals surface area contributed by atoms with Crippen LogP contribution in [0.4, 0.5) is 13.2 Å². The van der Waals surface area contributed by atoms with Crippen LogP contribution < -0.4 is 9.74 Å². The largest absolute Gasteiger partial charge is 0.534 e. The van der Waals surface area contributed by atoms with E-state index in [1.54, 1.807) is 13.8 Å². The molecule has 2 rings (SSSR count). The van der Waals surface area contributed by atoms with Crippen LogP contribution in [0, 0.1) is 5.92 Å². The van der Waals surface area contributed by atoms with Crippen molar-refractivity contribution in [2.75, 3.05) is 6.61 Å². The molecule has 26 heavy (non-hydrogen) atoms. The Labute approximate surface area is 145 Å². The first-order valence-corrected chi connectivity index (χ1v) is 8.67. The highest BCUT2D eigenvalue weighted by molar-refractivity contribution is 7.88. The number of rotatable bonds is 5. The van der Waals surface area contributed by atoms with Gasteiger partial charge in [0.25, 0.3) is 5.56 Å². The SMILES string of the molecule is CC(C)COC(=O)c1[nH]c(=O)c2ccccc2c1OS(=O)(=O)C(F)(F)F. The summed E-state index contributed by atoms with van der Waals surface area (Å²) in [5.74, 6) is -2.27. The van der Waals surface area contributed by atoms with Crippen LogP contribution in [0.25, 0.3) is 10.8 Å². The van der Waals surface area contributed by atoms with Crippen LogP contribution in [0.2, 0.25) is 0 Å². The maximum absolute atomic E-state index is 12.7. The third-order valence-corrected chi connectivity index (χ3v) is 4.06. The fraction of sp³-hybridized carbons (Fsp3) is 0.333. The van der Waals surface area contributed by atoms with E-state index in [-0.39, 0.29) is 23.3 Å². The zero-order chi connectivity index (χ0) is 19.7. The molecule has 0 atom stereocenters. The number of pyridine rings is 1. The van der Waals surface area contributed by atoms with Crippen molar-refractivity contribution in [1.82, 2.24) is 4.98 Å². The summed E-state index contributed by atoms with van der Waals surface area (Å²) in [6, 6.07) is 5.16. The number of halogens is 3. The molecule has 0 bridgehead atoms. The van der Waals surface area contributed by atoms with Gasteiger partial charge >= 0.3 is 21.6 Å². The first-order valence-electron chi connectivity index (χ1n) is 7.27. The molecular weight excluding hydrogens is 379 g/mol. The molecule has 1 N–H and O–H groups in total. The van der Waals surface area contributed by atoms with E-state index < -0.39 is 38.6 Å². The summed E-state index contributed by atoms with van der Waals surface area (Å²) in [5.41, 5.74) is -7.35. The summed E-state index contributed by atoms with van der Waals surface area (Å²) < 4.78 is 69.9. The lowest BCUT2D eigenvalue weighted by Gasteiger charge is -2.15. The van der Waals surface area contributed by atoms with Crippen molar-refractivity contribution < 1.29 is 35.3 Å². The van der Waals surface area contributed by atoms with Gasteiger partial charge < -0.3 is 13.9 Å². The normalized spacial score (nSPS) is 12.4. The van der Waals surface area contributed by atoms with E-state index in [2.05, 4.69) is 4.18 Å². The summed E-state index contributed by atoms with van der Waals surface area (Å²) in [4.78, 5) is 26.2. The van der Waals surface area contributed by atoms with E-state index in [0.29, 0.717) is 0 Å². The molecule has 11 heteroatoms. The van der Waals surface area contributed by atoms with Crippen LogP contribution in [0.3, 0.4) is 0 Å². The Morgan fingerprint density at radius 3 is 2.31 bits per heavy atom. The Bertz CT molecular complexity index is 995. The zero-order valence-electron chi connectivity index (χ0n) is 13.6. The van der Waals surface area contributed by atoms with Gasteiger partial charge in [0.2, 0.25) is 0 Å². The predicted molar refractivity (Wildman–Crippen MR) is 85.3 cm³/mol. The van der Waals surface area contributed by atoms with E-state index in [1.807, 2.05) is 4.98 Å². The van der Waals surface area contributed by atoms with Crippen molar-refractivity contribution in [1.29, 1.82) is 0 Å². The zero-order valence-corrected chi connectivity index (χ0v) is 14.4. The van der Waals surface area contributed by atoms with Crippen LogP contribution in [-0.4, -0.2) is 31.5 Å². The van der Waals surface area contributed by atoms with Gasteiger partial charge in [0.15, 0.2) is 11.4 Å². The Morgan fingerprint density at radius 1 is 1.19 bits per heavy atom. The van der Waals surface area contributed by atoms with E-state index in [1.165, 1.54) is 18.2 Å². The smallest absolute Gasteiger partial charge is 0.461 e. The summed E-state index contributed by atoms with van der Waals surface area (Å²) in [5, 5.41) is -0.430. The first-order chi connectivity index (χ1) is 11.9. The number of H-pyrrole nitrogens is 1. The fourth-order valence-electron chi connectivity index (χ4n) is 1.95. The average molecular weight is 393 g/mol. The highest BCUT2D eigenvalue weighted by atomic mass is 32.2. The summed E-state index contributed by atoms with van der Waals surface area (Å²) in [7, 11) is -6.07. The van der Waals surface area contributed by atoms with Crippen LogP contribution in [0.1, 0.15) is 24.3 Å². The van der Waals surface area contributed by atoms with Gasteiger partial charge in [-0.15, -0.1) is 0 Å². The van der Waals surface area contributed by atoms with Crippen molar-refractivity contribution in [2.45, 2.75) is 19.4 Å². The molecule has 0 saturated carbocycles. The second kappa shape index (κ2) is 6.98. The molecule has 0 fully saturated rings. The van der Waals surface area contributed by atoms with Gasteiger partial charge in [0, 0.05) is 5.39 Å². The minimum atomic E-state index is -6.07. The number of hydrogen-bond donors (Lipinski definition) is 1. The number of nitrogens with one attached hydrogen (secondary N) is 1. The Kier molecular flexibility index (Phi) is 5.31. The molecule has 0 unspecified atom stereocenters. The third-order valence-electron chi connectivity index (χ3n) is 3.11. The van der Waals surface area contributed by atoms with Crippen LogP contribution >= 0.6 is 0 Å². The molecule has 1 aromatic heterocycles. The maximum Gasteiger partial charge on any atom is 0.534 e. The number of carbonyl (C=O) groups excluding carboxylic acids is 1. The monoisotopic (exact) mass is 393 g/mol. The van der Waals surface area contributed by atoms with Gasteiger partial charge in [0.05, 0.1) is 12.0 Å². The molecular formula is C15H14F3NO6S. The topological polar surface area (TPSA) is 103 Å². The van der Waals surface area contributed by atoms with E-state index in [4.69, 9.17) is 4.74 Å². The van der Waals surface area contributed by atoms with E-state index in [0.717, 1.165) is 6.07 Å². The molecule has 0 saturated heterocycles. The van der Waals surface area contributed by atoms with Gasteiger partial charge in [-0.2, -0.15) is 21.6 Å². The van der Waals surface area contributed by atoms with Gasteiger partial charge in [-0.25, -0.2) is 4.79 Å². The molecule has 2 aromatic rings. The third kappa shape index (κ3) is 3.98. The van der Waals surface area contributed by atoms with Crippen LogP contribution in [0.15, 0.2) is 29.1 Å². The number of ether oxygens (including phenoxy) is 1. The number of alkyl halides is 3. The summed E-state index contributed by atoms with van der Waals surface area (Å²) in [6.07, 6.45) is 0. The van der Waals surface area contributed by atoms with Crippen molar-refractivity contribution in [3.05, 3.63) is 40.3 Å². The minimum Gasteiger partial charge on any atom is -0.461 e. The number of benzene rings is 1. The molecule has 1 aromatic carbocycles. The second-order valence-corrected chi connectivity index (χ2v) is 7.22. The van der Waals surface area contributed by atoms with Crippen molar-refractivity contribution >= 4 is 26.9 Å². The van der Waals surface area contributed by atoms with E-state index in [9.17, 15) is 31.2 Å². The van der Waals surface area contributed by atoms with Crippen LogP contribution in [0.5, 0.6) is 5.75 Å². The second-order valence-electron chi connectivity index (χ2n) is 5.68. The minimum absolute atomic E-state index is 0.0981. The number of carbonyl (C=O) groups is 1. The molecule has 0 spiro atoms. The van der Waals surface area contributed by atoms with Gasteiger partial charge in [-0.3, -0.25) is 4.79 Å². The van der Waals surface area contributed by atoms with Crippen molar-refractivity contribution in [3.8, 4) is 5.75 Å². The first kappa shape index (κ1) is 19.8. The molecule has 7 nitrogen and oxygen atoms in total. The number of aromatic amines is 1. The molecule has 0 aliphatic carbocycles. The lowest BCUT2D eigenvalue weighted by molar-refractivity contribution is -0.0500. The number of hydrogen-bond acceptors (Lipinski definition) is 6. The number of aromatic nitrogens is 1. The lowest BCUT2D eigenvalue weighted by Crippen LogP contribution is -2.30. The highest BCUT2D eigenvalue weighted by Crippen LogP contribution is 2.33. The molecule has 0 aliphatic heterocycles. The molecule has 142 valence electrons. The van der Waals surface area contributed by atoms with Crippen LogP contribution in [-0.2, 0) is 14.9 Å². The van der Waals surface area contributed by atoms with Crippen molar-refractivity contribution in [2.24, 2.45) is 5.92 Å². The lowest BCUT2D eigenvalue weighted by atomic mass is 10.1. The Balaban J connectivity index is 2.68. The van der Waals surface area contributed by atoms with Gasteiger partial charge in [-0.1, -0.05) is 32.0 Å². The van der Waals surface area contributed by atoms with Gasteiger partial charge in [0.1, 0.15) is 0 Å². The Morgan fingerprint density at radius 2 is 1.77 bits per heavy atom. The maximum atomic E-state index is 12.7. The Hall–Kier alpha value is -2.56. The summed E-state index contributed by atoms with van der Waals surface area (Å²) in [6.45, 7) is 3.32. The standard InChI is InChI=1S/C15H14F3NO6S/c1-8(2)7-24-14(21)11-12(25-26(22,23)15(16,17)18)9-5-3-4-6-10(9)13(20)19-11/h3-6,8H,7H2,1-2H3,(H,19,20). The predicted octanol–water partition coefficient (Wildman–Crippen LogP) is 2.57. The highest BCUT2D eigenvalue weighted by Gasteiger charge is 2.49. The molecule has 0 radical (unpaired) electrons.